The average Bonchev–Trinajstić information content (AvgIpc) is 3.12. The van der Waals surface area contributed by atoms with Gasteiger partial charge in [0, 0.05) is 6.07 Å². The summed E-state index contributed by atoms with van der Waals surface area (Å²) in [7, 11) is 0. The number of alkyl halides is 3. The first-order valence-corrected chi connectivity index (χ1v) is 10.6. The van der Waals surface area contributed by atoms with Crippen molar-refractivity contribution < 1.29 is 22.7 Å². The average molecular weight is 485 g/mol. The molecule has 0 amide bonds. The number of nitrogens with zero attached hydrogens (tertiary/aromatic N) is 2. The largest absolute Gasteiger partial charge is 0.416 e. The Morgan fingerprint density at radius 1 is 1.03 bits per heavy atom. The Bertz CT molecular complexity index is 1120. The Labute approximate surface area is 193 Å². The topological polar surface area (TPSA) is 44.1 Å². The Kier molecular flexibility index (Phi) is 6.91. The first-order chi connectivity index (χ1) is 14.9. The molecule has 0 saturated heterocycles. The standard InChI is InChI=1S/C23H21Cl2F3N2O2/c1-4-22(2,3)21(31)32-20-12-19(15-6-8-16(9-7-15)23(26,27)28)30(29-20)13-14-5-10-17(24)18(25)11-14/h5-12H,4,13H2,1-3H3. The van der Waals surface area contributed by atoms with Crippen molar-refractivity contribution in [2.24, 2.45) is 5.41 Å². The fourth-order valence-corrected chi connectivity index (χ4v) is 3.13. The summed E-state index contributed by atoms with van der Waals surface area (Å²) < 4.78 is 45.9. The number of benzene rings is 2. The van der Waals surface area contributed by atoms with E-state index in [-0.39, 0.29) is 12.4 Å². The molecule has 1 aromatic heterocycles. The van der Waals surface area contributed by atoms with Crippen molar-refractivity contribution in [2.75, 3.05) is 0 Å². The van der Waals surface area contributed by atoms with Crippen molar-refractivity contribution in [2.45, 2.75) is 39.9 Å². The van der Waals surface area contributed by atoms with Crippen LogP contribution in [0, 0.1) is 5.41 Å². The number of carbonyl (C=O) groups excluding carboxylic acids is 1. The molecule has 0 aliphatic heterocycles. The predicted octanol–water partition coefficient (Wildman–Crippen LogP) is 7.27. The number of halogens is 5. The molecular formula is C23H21Cl2F3N2O2. The van der Waals surface area contributed by atoms with Gasteiger partial charge in [-0.15, -0.1) is 5.10 Å². The Morgan fingerprint density at radius 3 is 2.25 bits per heavy atom. The van der Waals surface area contributed by atoms with Crippen LogP contribution in [0.1, 0.15) is 38.3 Å². The molecule has 0 aliphatic carbocycles. The maximum absolute atomic E-state index is 13.0. The van der Waals surface area contributed by atoms with Gasteiger partial charge in [0.1, 0.15) is 0 Å². The highest BCUT2D eigenvalue weighted by atomic mass is 35.5. The summed E-state index contributed by atoms with van der Waals surface area (Å²) in [4.78, 5) is 12.5. The van der Waals surface area contributed by atoms with E-state index in [1.807, 2.05) is 6.92 Å². The molecular weight excluding hydrogens is 464 g/mol. The molecule has 0 fully saturated rings. The number of aromatic nitrogens is 2. The van der Waals surface area contributed by atoms with Gasteiger partial charge < -0.3 is 4.74 Å². The minimum atomic E-state index is -4.44. The minimum Gasteiger partial charge on any atom is -0.405 e. The van der Waals surface area contributed by atoms with E-state index in [9.17, 15) is 18.0 Å². The summed E-state index contributed by atoms with van der Waals surface area (Å²) in [5.74, 6) is -0.385. The summed E-state index contributed by atoms with van der Waals surface area (Å²) in [6.45, 7) is 5.64. The lowest BCUT2D eigenvalue weighted by molar-refractivity contribution is -0.144. The predicted molar refractivity (Wildman–Crippen MR) is 118 cm³/mol. The second-order valence-electron chi connectivity index (χ2n) is 7.98. The number of rotatable bonds is 6. The van der Waals surface area contributed by atoms with Crippen LogP contribution in [0.2, 0.25) is 10.0 Å². The molecule has 3 aromatic rings. The monoisotopic (exact) mass is 484 g/mol. The van der Waals surface area contributed by atoms with E-state index in [0.29, 0.717) is 27.7 Å². The molecule has 0 radical (unpaired) electrons. The summed E-state index contributed by atoms with van der Waals surface area (Å²) in [6, 6.07) is 11.3. The third-order valence-corrected chi connectivity index (χ3v) is 5.95. The maximum atomic E-state index is 13.0. The van der Waals surface area contributed by atoms with Crippen LogP contribution in [-0.2, 0) is 17.5 Å². The second-order valence-corrected chi connectivity index (χ2v) is 8.79. The van der Waals surface area contributed by atoms with Crippen molar-refractivity contribution in [3.05, 3.63) is 69.7 Å². The van der Waals surface area contributed by atoms with Gasteiger partial charge in [-0.1, -0.05) is 48.3 Å². The van der Waals surface area contributed by atoms with Crippen molar-refractivity contribution >= 4 is 29.2 Å². The zero-order valence-corrected chi connectivity index (χ0v) is 19.1. The van der Waals surface area contributed by atoms with Crippen LogP contribution in [0.3, 0.4) is 0 Å². The highest BCUT2D eigenvalue weighted by Gasteiger charge is 2.31. The molecule has 32 heavy (non-hydrogen) atoms. The van der Waals surface area contributed by atoms with Crippen LogP contribution in [0.5, 0.6) is 5.88 Å². The van der Waals surface area contributed by atoms with Crippen LogP contribution in [0.4, 0.5) is 13.2 Å². The quantitative estimate of drug-likeness (QED) is 0.345. The minimum absolute atomic E-state index is 0.0616. The Morgan fingerprint density at radius 2 is 1.69 bits per heavy atom. The van der Waals surface area contributed by atoms with E-state index in [0.717, 1.165) is 17.7 Å². The van der Waals surface area contributed by atoms with E-state index >= 15 is 0 Å². The molecule has 9 heteroatoms. The van der Waals surface area contributed by atoms with Gasteiger partial charge in [-0.25, -0.2) is 0 Å². The number of esters is 1. The third-order valence-electron chi connectivity index (χ3n) is 5.22. The van der Waals surface area contributed by atoms with Crippen LogP contribution in [-0.4, -0.2) is 15.7 Å². The molecule has 0 N–H and O–H groups in total. The van der Waals surface area contributed by atoms with Gasteiger partial charge in [0.25, 0.3) is 0 Å². The normalized spacial score (nSPS) is 12.1. The van der Waals surface area contributed by atoms with Crippen molar-refractivity contribution in [3.8, 4) is 17.1 Å². The number of ether oxygens (including phenoxy) is 1. The molecule has 170 valence electrons. The van der Waals surface area contributed by atoms with Crippen LogP contribution < -0.4 is 4.74 Å². The Hall–Kier alpha value is -2.51. The van der Waals surface area contributed by atoms with Gasteiger partial charge in [-0.3, -0.25) is 9.48 Å². The highest BCUT2D eigenvalue weighted by Crippen LogP contribution is 2.33. The molecule has 3 rings (SSSR count). The van der Waals surface area contributed by atoms with Crippen LogP contribution in [0.15, 0.2) is 48.5 Å². The molecule has 4 nitrogen and oxygen atoms in total. The molecule has 0 atom stereocenters. The summed E-state index contributed by atoms with van der Waals surface area (Å²) in [5, 5.41) is 5.13. The van der Waals surface area contributed by atoms with Crippen LogP contribution >= 0.6 is 23.2 Å². The van der Waals surface area contributed by atoms with Crippen LogP contribution in [0.25, 0.3) is 11.3 Å². The number of hydrogen-bond acceptors (Lipinski definition) is 3. The van der Waals surface area contributed by atoms with E-state index in [1.165, 1.54) is 18.2 Å². The summed E-state index contributed by atoms with van der Waals surface area (Å²) >= 11 is 12.1. The van der Waals surface area contributed by atoms with E-state index in [2.05, 4.69) is 5.10 Å². The fraction of sp³-hybridized carbons (Fsp3) is 0.304. The maximum Gasteiger partial charge on any atom is 0.416 e. The van der Waals surface area contributed by atoms with Crippen molar-refractivity contribution in [1.82, 2.24) is 9.78 Å². The van der Waals surface area contributed by atoms with E-state index in [4.69, 9.17) is 27.9 Å². The van der Waals surface area contributed by atoms with E-state index in [1.54, 1.807) is 36.7 Å². The first kappa shape index (κ1) is 24.1. The third kappa shape index (κ3) is 5.45. The van der Waals surface area contributed by atoms with Gasteiger partial charge in [0.15, 0.2) is 0 Å². The molecule has 2 aromatic carbocycles. The zero-order chi connectivity index (χ0) is 23.7. The number of hydrogen-bond donors (Lipinski definition) is 0. The molecule has 0 unspecified atom stereocenters. The van der Waals surface area contributed by atoms with Gasteiger partial charge in [0.2, 0.25) is 5.88 Å². The van der Waals surface area contributed by atoms with Gasteiger partial charge >= 0.3 is 12.1 Å². The SMILES string of the molecule is CCC(C)(C)C(=O)Oc1cc(-c2ccc(C(F)(F)F)cc2)n(Cc2ccc(Cl)c(Cl)c2)n1. The zero-order valence-electron chi connectivity index (χ0n) is 17.6. The van der Waals surface area contributed by atoms with Crippen molar-refractivity contribution in [3.63, 3.8) is 0 Å². The Balaban J connectivity index is 2.00. The van der Waals surface area contributed by atoms with Gasteiger partial charge in [0.05, 0.1) is 33.3 Å². The van der Waals surface area contributed by atoms with Gasteiger partial charge in [-0.2, -0.15) is 13.2 Å². The number of carbonyl (C=O) groups is 1. The smallest absolute Gasteiger partial charge is 0.405 e. The lowest BCUT2D eigenvalue weighted by Crippen LogP contribution is -2.28. The molecule has 0 aliphatic rings. The summed E-state index contributed by atoms with van der Waals surface area (Å²) in [5.41, 5.74) is 0.280. The first-order valence-electron chi connectivity index (χ1n) is 9.82. The fourth-order valence-electron chi connectivity index (χ4n) is 2.81. The van der Waals surface area contributed by atoms with E-state index < -0.39 is 23.1 Å². The molecule has 0 spiro atoms. The molecule has 0 bridgehead atoms. The summed E-state index contributed by atoms with van der Waals surface area (Å²) in [6.07, 6.45) is -3.87. The lowest BCUT2D eigenvalue weighted by Gasteiger charge is -2.18. The highest BCUT2D eigenvalue weighted by molar-refractivity contribution is 6.42. The van der Waals surface area contributed by atoms with Crippen molar-refractivity contribution in [1.29, 1.82) is 0 Å². The molecule has 1 heterocycles. The second kappa shape index (κ2) is 9.16. The lowest BCUT2D eigenvalue weighted by atomic mass is 9.91. The van der Waals surface area contributed by atoms with Gasteiger partial charge in [-0.05, 0) is 55.7 Å². The molecule has 0 saturated carbocycles.